The summed E-state index contributed by atoms with van der Waals surface area (Å²) in [5, 5.41) is 0. The number of hydrogen-bond acceptors (Lipinski definition) is 5. The molecule has 0 saturated heterocycles. The van der Waals surface area contributed by atoms with Gasteiger partial charge in [0.25, 0.3) is 0 Å². The van der Waals surface area contributed by atoms with Gasteiger partial charge in [-0.1, -0.05) is 170 Å². The van der Waals surface area contributed by atoms with Crippen molar-refractivity contribution in [3.8, 4) is 0 Å². The molecule has 0 rings (SSSR count). The van der Waals surface area contributed by atoms with Crippen molar-refractivity contribution >= 4 is 11.9 Å². The molecule has 0 saturated carbocycles. The first-order chi connectivity index (χ1) is 27.6. The number of unbranched alkanes of at least 4 members (excludes halogenated alkanes) is 16. The maximum absolute atomic E-state index is 12.7. The molecule has 0 aliphatic heterocycles. The molecule has 1 unspecified atom stereocenters. The summed E-state index contributed by atoms with van der Waals surface area (Å²) < 4.78 is 17.3. The van der Waals surface area contributed by atoms with E-state index in [0.717, 1.165) is 89.9 Å². The van der Waals surface area contributed by atoms with Gasteiger partial charge in [0.15, 0.2) is 6.10 Å². The number of carbonyl (C=O) groups excluding carboxylic acids is 2. The van der Waals surface area contributed by atoms with Crippen LogP contribution in [0.25, 0.3) is 0 Å². The topological polar surface area (TPSA) is 61.8 Å². The van der Waals surface area contributed by atoms with Crippen LogP contribution in [0.15, 0.2) is 85.1 Å². The van der Waals surface area contributed by atoms with E-state index < -0.39 is 6.10 Å². The van der Waals surface area contributed by atoms with Crippen molar-refractivity contribution in [1.29, 1.82) is 0 Å². The Bertz CT molecular complexity index is 1060. The molecule has 320 valence electrons. The predicted octanol–water partition coefficient (Wildman–Crippen LogP) is 15.3. The summed E-state index contributed by atoms with van der Waals surface area (Å²) in [7, 11) is 0. The van der Waals surface area contributed by atoms with Crippen LogP contribution in [0, 0.1) is 0 Å². The lowest BCUT2D eigenvalue weighted by Gasteiger charge is -2.18. The first-order valence-corrected chi connectivity index (χ1v) is 23.1. The Morgan fingerprint density at radius 2 is 0.839 bits per heavy atom. The van der Waals surface area contributed by atoms with E-state index in [1.54, 1.807) is 0 Å². The molecule has 56 heavy (non-hydrogen) atoms. The molecule has 1 atom stereocenters. The fraction of sp³-hybridized carbons (Fsp3) is 0.686. The SMILES string of the molecule is CC/C=C\C/C=C\C/C=C\C/C=C\CCCCC(=O)OCC(COCCCCCCCC/C=C\C/C=C\CCC)OC(=O)CCCCCCC/C=C\CCCC. The Morgan fingerprint density at radius 1 is 0.411 bits per heavy atom. The molecule has 5 heteroatoms. The fourth-order valence-electron chi connectivity index (χ4n) is 5.93. The highest BCUT2D eigenvalue weighted by atomic mass is 16.6. The Kier molecular flexibility index (Phi) is 44.0. The average molecular weight is 779 g/mol. The molecule has 0 spiro atoms. The van der Waals surface area contributed by atoms with E-state index in [-0.39, 0.29) is 25.2 Å². The second-order valence-corrected chi connectivity index (χ2v) is 14.9. The van der Waals surface area contributed by atoms with Crippen LogP contribution in [0.5, 0.6) is 0 Å². The highest BCUT2D eigenvalue weighted by Gasteiger charge is 2.17. The molecule has 0 aliphatic carbocycles. The van der Waals surface area contributed by atoms with E-state index in [1.165, 1.54) is 77.0 Å². The maximum Gasteiger partial charge on any atom is 0.306 e. The van der Waals surface area contributed by atoms with E-state index >= 15 is 0 Å². The highest BCUT2D eigenvalue weighted by Crippen LogP contribution is 2.12. The van der Waals surface area contributed by atoms with Crippen molar-refractivity contribution in [2.45, 2.75) is 207 Å². The zero-order valence-electron chi connectivity index (χ0n) is 36.6. The first kappa shape index (κ1) is 53.1. The number of rotatable bonds is 41. The third-order valence-electron chi connectivity index (χ3n) is 9.37. The minimum atomic E-state index is -0.564. The summed E-state index contributed by atoms with van der Waals surface area (Å²) in [6, 6.07) is 0. The van der Waals surface area contributed by atoms with Crippen LogP contribution in [0.1, 0.15) is 201 Å². The molecule has 0 amide bonds. The average Bonchev–Trinajstić information content (AvgIpc) is 3.20. The van der Waals surface area contributed by atoms with Gasteiger partial charge in [0.05, 0.1) is 6.61 Å². The van der Waals surface area contributed by atoms with Crippen molar-refractivity contribution < 1.29 is 23.8 Å². The molecule has 0 heterocycles. The molecular weight excluding hydrogens is 693 g/mol. The Morgan fingerprint density at radius 3 is 1.41 bits per heavy atom. The molecule has 5 nitrogen and oxygen atoms in total. The van der Waals surface area contributed by atoms with Crippen molar-refractivity contribution in [3.63, 3.8) is 0 Å². The quantitative estimate of drug-likeness (QED) is 0.0351. The largest absolute Gasteiger partial charge is 0.462 e. The Balaban J connectivity index is 4.36. The molecule has 0 fully saturated rings. The standard InChI is InChI=1S/C51H86O5/c1-4-7-10-13-16-19-22-24-26-27-30-32-35-38-41-44-50(52)55-48-49(56-51(53)45-42-39-36-33-29-21-18-15-12-9-6-3)47-54-46-43-40-37-34-31-28-25-23-20-17-14-11-8-5-2/h7,10-11,14-16,18-20,23-24,26,30,32,49H,4-6,8-9,12-13,17,21-22,25,27-29,31,33-48H2,1-3H3/b10-7-,14-11-,18-15-,19-16-,23-20-,26-24-,32-30-. The third-order valence-corrected chi connectivity index (χ3v) is 9.37. The van der Waals surface area contributed by atoms with Gasteiger partial charge in [0.2, 0.25) is 0 Å². The van der Waals surface area contributed by atoms with Gasteiger partial charge in [-0.25, -0.2) is 0 Å². The van der Waals surface area contributed by atoms with Gasteiger partial charge in [0.1, 0.15) is 6.61 Å². The van der Waals surface area contributed by atoms with Gasteiger partial charge < -0.3 is 14.2 Å². The van der Waals surface area contributed by atoms with Crippen LogP contribution in [-0.4, -0.2) is 37.9 Å². The molecule has 0 radical (unpaired) electrons. The molecule has 0 aromatic carbocycles. The number of esters is 2. The number of carbonyl (C=O) groups is 2. The van der Waals surface area contributed by atoms with Crippen LogP contribution in [-0.2, 0) is 23.8 Å². The van der Waals surface area contributed by atoms with Crippen LogP contribution >= 0.6 is 0 Å². The Hall–Kier alpha value is -2.92. The van der Waals surface area contributed by atoms with Crippen molar-refractivity contribution in [1.82, 2.24) is 0 Å². The van der Waals surface area contributed by atoms with Gasteiger partial charge in [-0.3, -0.25) is 9.59 Å². The van der Waals surface area contributed by atoms with Gasteiger partial charge in [-0.15, -0.1) is 0 Å². The summed E-state index contributed by atoms with van der Waals surface area (Å²) in [6.07, 6.45) is 60.1. The Labute approximate surface area is 346 Å². The van der Waals surface area contributed by atoms with Gasteiger partial charge >= 0.3 is 11.9 Å². The monoisotopic (exact) mass is 779 g/mol. The molecule has 0 aromatic rings. The molecule has 0 N–H and O–H groups in total. The summed E-state index contributed by atoms with van der Waals surface area (Å²) in [4.78, 5) is 25.2. The minimum absolute atomic E-state index is 0.0523. The third kappa shape index (κ3) is 43.8. The molecule has 0 aliphatic rings. The molecule has 0 aromatic heterocycles. The number of hydrogen-bond donors (Lipinski definition) is 0. The maximum atomic E-state index is 12.7. The zero-order chi connectivity index (χ0) is 40.7. The van der Waals surface area contributed by atoms with Crippen LogP contribution in [0.2, 0.25) is 0 Å². The predicted molar refractivity (Wildman–Crippen MR) is 242 cm³/mol. The summed E-state index contributed by atoms with van der Waals surface area (Å²) >= 11 is 0. The summed E-state index contributed by atoms with van der Waals surface area (Å²) in [5.74, 6) is -0.468. The number of ether oxygens (including phenoxy) is 3. The van der Waals surface area contributed by atoms with E-state index in [9.17, 15) is 9.59 Å². The van der Waals surface area contributed by atoms with E-state index in [2.05, 4.69) is 106 Å². The van der Waals surface area contributed by atoms with Crippen molar-refractivity contribution in [3.05, 3.63) is 85.1 Å². The van der Waals surface area contributed by atoms with E-state index in [4.69, 9.17) is 14.2 Å². The lowest BCUT2D eigenvalue weighted by Crippen LogP contribution is -2.30. The van der Waals surface area contributed by atoms with Gasteiger partial charge in [-0.05, 0) is 103 Å². The van der Waals surface area contributed by atoms with Crippen LogP contribution < -0.4 is 0 Å². The number of allylic oxidation sites excluding steroid dienone is 14. The normalized spacial score (nSPS) is 13.0. The van der Waals surface area contributed by atoms with E-state index in [1.807, 2.05) is 0 Å². The summed E-state index contributed by atoms with van der Waals surface area (Å²) in [6.45, 7) is 7.53. The van der Waals surface area contributed by atoms with Gasteiger partial charge in [0, 0.05) is 19.4 Å². The van der Waals surface area contributed by atoms with Crippen LogP contribution in [0.3, 0.4) is 0 Å². The summed E-state index contributed by atoms with van der Waals surface area (Å²) in [5.41, 5.74) is 0. The lowest BCUT2D eigenvalue weighted by atomic mass is 10.1. The fourth-order valence-corrected chi connectivity index (χ4v) is 5.93. The molecule has 0 bridgehead atoms. The second kappa shape index (κ2) is 46.5. The zero-order valence-corrected chi connectivity index (χ0v) is 36.6. The van der Waals surface area contributed by atoms with Crippen molar-refractivity contribution in [2.24, 2.45) is 0 Å². The minimum Gasteiger partial charge on any atom is -0.462 e. The lowest BCUT2D eigenvalue weighted by molar-refractivity contribution is -0.163. The molecular formula is C51H86O5. The first-order valence-electron chi connectivity index (χ1n) is 23.1. The van der Waals surface area contributed by atoms with Crippen molar-refractivity contribution in [2.75, 3.05) is 19.8 Å². The smallest absolute Gasteiger partial charge is 0.306 e. The second-order valence-electron chi connectivity index (χ2n) is 14.9. The van der Waals surface area contributed by atoms with E-state index in [0.29, 0.717) is 19.4 Å². The van der Waals surface area contributed by atoms with Gasteiger partial charge in [-0.2, -0.15) is 0 Å². The van der Waals surface area contributed by atoms with Crippen LogP contribution in [0.4, 0.5) is 0 Å². The highest BCUT2D eigenvalue weighted by molar-refractivity contribution is 5.70.